The molecule has 1 N–H and O–H groups in total. The van der Waals surface area contributed by atoms with Crippen molar-refractivity contribution in [3.63, 3.8) is 0 Å². The minimum Gasteiger partial charge on any atom is -0.508 e. The molecule has 0 saturated heterocycles. The number of rotatable bonds is 7. The van der Waals surface area contributed by atoms with E-state index in [1.165, 1.54) is 31.2 Å². The first-order valence-electron chi connectivity index (χ1n) is 6.86. The summed E-state index contributed by atoms with van der Waals surface area (Å²) in [5, 5.41) is 9.20. The number of benzene rings is 1. The molecule has 0 aromatic heterocycles. The number of phenols is 1. The molecule has 0 bridgehead atoms. The third-order valence-corrected chi connectivity index (χ3v) is 3.34. The van der Waals surface area contributed by atoms with Gasteiger partial charge in [0.05, 0.1) is 0 Å². The standard InChI is InChI=1S/C16H26O/c1-13(2)5-4-6-14(3)7-8-15-9-11-16(17)12-10-15/h9-14,17H,4-8H2,1-3H3. The normalized spacial score (nSPS) is 12.9. The average Bonchev–Trinajstić information content (AvgIpc) is 2.28. The van der Waals surface area contributed by atoms with E-state index in [1.54, 1.807) is 12.1 Å². The van der Waals surface area contributed by atoms with Crippen LogP contribution in [-0.2, 0) is 6.42 Å². The van der Waals surface area contributed by atoms with Gasteiger partial charge in [0, 0.05) is 0 Å². The number of phenolic OH excluding ortho intramolecular Hbond substituents is 1. The molecule has 0 radical (unpaired) electrons. The van der Waals surface area contributed by atoms with Gasteiger partial charge in [-0.1, -0.05) is 52.2 Å². The quantitative estimate of drug-likeness (QED) is 0.719. The molecule has 1 rings (SSSR count). The molecule has 1 aromatic rings. The maximum atomic E-state index is 9.20. The van der Waals surface area contributed by atoms with Crippen molar-refractivity contribution < 1.29 is 5.11 Å². The van der Waals surface area contributed by atoms with Crippen LogP contribution in [0.25, 0.3) is 0 Å². The summed E-state index contributed by atoms with van der Waals surface area (Å²) in [6.07, 6.45) is 6.43. The molecule has 17 heavy (non-hydrogen) atoms. The molecule has 0 amide bonds. The molecule has 96 valence electrons. The summed E-state index contributed by atoms with van der Waals surface area (Å²) in [6.45, 7) is 6.93. The van der Waals surface area contributed by atoms with E-state index in [4.69, 9.17) is 0 Å². The first-order valence-corrected chi connectivity index (χ1v) is 6.86. The average molecular weight is 234 g/mol. The Morgan fingerprint density at radius 3 is 2.18 bits per heavy atom. The summed E-state index contributed by atoms with van der Waals surface area (Å²) in [5.41, 5.74) is 1.33. The van der Waals surface area contributed by atoms with E-state index in [0.717, 1.165) is 18.3 Å². The lowest BCUT2D eigenvalue weighted by Crippen LogP contribution is -1.99. The van der Waals surface area contributed by atoms with E-state index in [2.05, 4.69) is 20.8 Å². The highest BCUT2D eigenvalue weighted by Gasteiger charge is 2.04. The SMILES string of the molecule is CC(C)CCCC(C)CCc1ccc(O)cc1. The van der Waals surface area contributed by atoms with Gasteiger partial charge in [0.15, 0.2) is 0 Å². The molecule has 0 aliphatic carbocycles. The van der Waals surface area contributed by atoms with Crippen LogP contribution in [0.2, 0.25) is 0 Å². The second kappa shape index (κ2) is 7.37. The molecular weight excluding hydrogens is 208 g/mol. The van der Waals surface area contributed by atoms with Crippen LogP contribution in [-0.4, -0.2) is 5.11 Å². The highest BCUT2D eigenvalue weighted by atomic mass is 16.3. The lowest BCUT2D eigenvalue weighted by atomic mass is 9.94. The predicted molar refractivity (Wildman–Crippen MR) is 74.3 cm³/mol. The topological polar surface area (TPSA) is 20.2 Å². The summed E-state index contributed by atoms with van der Waals surface area (Å²) in [7, 11) is 0. The molecule has 0 heterocycles. The molecule has 0 spiro atoms. The number of hydrogen-bond donors (Lipinski definition) is 1. The third kappa shape index (κ3) is 6.35. The van der Waals surface area contributed by atoms with Crippen LogP contribution >= 0.6 is 0 Å². The van der Waals surface area contributed by atoms with Crippen molar-refractivity contribution >= 4 is 0 Å². The summed E-state index contributed by atoms with van der Waals surface area (Å²) < 4.78 is 0. The zero-order valence-corrected chi connectivity index (χ0v) is 11.4. The van der Waals surface area contributed by atoms with Gasteiger partial charge in [-0.05, 0) is 42.4 Å². The second-order valence-corrected chi connectivity index (χ2v) is 5.64. The monoisotopic (exact) mass is 234 g/mol. The first-order chi connectivity index (χ1) is 8.08. The van der Waals surface area contributed by atoms with Crippen LogP contribution in [0.4, 0.5) is 0 Å². The van der Waals surface area contributed by atoms with Crippen molar-refractivity contribution in [1.29, 1.82) is 0 Å². The van der Waals surface area contributed by atoms with Crippen LogP contribution in [0.15, 0.2) is 24.3 Å². The Bertz CT molecular complexity index is 300. The molecule has 0 fully saturated rings. The van der Waals surface area contributed by atoms with E-state index < -0.39 is 0 Å². The van der Waals surface area contributed by atoms with Crippen molar-refractivity contribution in [2.24, 2.45) is 11.8 Å². The van der Waals surface area contributed by atoms with Crippen molar-refractivity contribution in [1.82, 2.24) is 0 Å². The number of aromatic hydroxyl groups is 1. The largest absolute Gasteiger partial charge is 0.508 e. The fourth-order valence-electron chi connectivity index (χ4n) is 2.09. The summed E-state index contributed by atoms with van der Waals surface area (Å²) >= 11 is 0. The molecule has 1 unspecified atom stereocenters. The summed E-state index contributed by atoms with van der Waals surface area (Å²) in [5.74, 6) is 2.00. The Kier molecular flexibility index (Phi) is 6.10. The van der Waals surface area contributed by atoms with E-state index in [0.29, 0.717) is 5.75 Å². The molecule has 1 atom stereocenters. The van der Waals surface area contributed by atoms with Crippen LogP contribution in [0.1, 0.15) is 52.0 Å². The minimum atomic E-state index is 0.360. The zero-order chi connectivity index (χ0) is 12.7. The Morgan fingerprint density at radius 2 is 1.59 bits per heavy atom. The van der Waals surface area contributed by atoms with Gasteiger partial charge in [0.1, 0.15) is 5.75 Å². The van der Waals surface area contributed by atoms with Crippen LogP contribution in [0.3, 0.4) is 0 Å². The number of hydrogen-bond acceptors (Lipinski definition) is 1. The van der Waals surface area contributed by atoms with E-state index in [-0.39, 0.29) is 0 Å². The van der Waals surface area contributed by atoms with Gasteiger partial charge in [0.2, 0.25) is 0 Å². The third-order valence-electron chi connectivity index (χ3n) is 3.34. The first kappa shape index (κ1) is 14.1. The number of aryl methyl sites for hydroxylation is 1. The Labute approximate surface area is 106 Å². The molecule has 1 aromatic carbocycles. The fraction of sp³-hybridized carbons (Fsp3) is 0.625. The molecule has 0 saturated carbocycles. The van der Waals surface area contributed by atoms with Gasteiger partial charge >= 0.3 is 0 Å². The Morgan fingerprint density at radius 1 is 0.941 bits per heavy atom. The lowest BCUT2D eigenvalue weighted by molar-refractivity contribution is 0.436. The molecule has 0 aliphatic heterocycles. The smallest absolute Gasteiger partial charge is 0.115 e. The highest BCUT2D eigenvalue weighted by molar-refractivity contribution is 5.25. The molecule has 1 nitrogen and oxygen atoms in total. The van der Waals surface area contributed by atoms with E-state index in [9.17, 15) is 5.11 Å². The lowest BCUT2D eigenvalue weighted by Gasteiger charge is -2.12. The molecule has 0 aliphatic rings. The zero-order valence-electron chi connectivity index (χ0n) is 11.4. The molecular formula is C16H26O. The van der Waals surface area contributed by atoms with Gasteiger partial charge in [-0.2, -0.15) is 0 Å². The second-order valence-electron chi connectivity index (χ2n) is 5.64. The predicted octanol–water partition coefficient (Wildman–Crippen LogP) is 4.79. The van der Waals surface area contributed by atoms with Gasteiger partial charge in [0.25, 0.3) is 0 Å². The Hall–Kier alpha value is -0.980. The van der Waals surface area contributed by atoms with Gasteiger partial charge in [-0.25, -0.2) is 0 Å². The van der Waals surface area contributed by atoms with E-state index in [1.807, 2.05) is 12.1 Å². The van der Waals surface area contributed by atoms with Crippen molar-refractivity contribution in [3.05, 3.63) is 29.8 Å². The van der Waals surface area contributed by atoms with E-state index >= 15 is 0 Å². The van der Waals surface area contributed by atoms with Crippen LogP contribution < -0.4 is 0 Å². The fourth-order valence-corrected chi connectivity index (χ4v) is 2.09. The molecule has 1 heteroatoms. The van der Waals surface area contributed by atoms with Crippen LogP contribution in [0.5, 0.6) is 5.75 Å². The highest BCUT2D eigenvalue weighted by Crippen LogP contribution is 2.18. The van der Waals surface area contributed by atoms with Gasteiger partial charge in [-0.3, -0.25) is 0 Å². The van der Waals surface area contributed by atoms with Crippen molar-refractivity contribution in [3.8, 4) is 5.75 Å². The maximum Gasteiger partial charge on any atom is 0.115 e. The Balaban J connectivity index is 2.19. The summed E-state index contributed by atoms with van der Waals surface area (Å²) in [6, 6.07) is 7.60. The van der Waals surface area contributed by atoms with Gasteiger partial charge in [-0.15, -0.1) is 0 Å². The van der Waals surface area contributed by atoms with Crippen molar-refractivity contribution in [2.45, 2.75) is 52.9 Å². The van der Waals surface area contributed by atoms with Crippen molar-refractivity contribution in [2.75, 3.05) is 0 Å². The van der Waals surface area contributed by atoms with Gasteiger partial charge < -0.3 is 5.11 Å². The van der Waals surface area contributed by atoms with Crippen LogP contribution in [0, 0.1) is 11.8 Å². The summed E-state index contributed by atoms with van der Waals surface area (Å²) in [4.78, 5) is 0. The minimum absolute atomic E-state index is 0.360. The maximum absolute atomic E-state index is 9.20.